The Labute approximate surface area is 245 Å². The van der Waals surface area contributed by atoms with Gasteiger partial charge in [-0.1, -0.05) is 59.7 Å². The fourth-order valence-corrected chi connectivity index (χ4v) is 5.49. The summed E-state index contributed by atoms with van der Waals surface area (Å²) in [5, 5.41) is 0.479. The standard InChI is InChI=1S/C30H35F3O6S2/c1-27(2,3)17-22(28(4,5)6)26(35)38-29(7,8)40-41-39-19-14-13-18-15-21(25(34)36-24(18)16-19)20-11-9-10-12-23(20)37-30(31,32)33/h9-16,22H,17H2,1-8H3. The van der Waals surface area contributed by atoms with E-state index < -0.39 is 22.7 Å². The maximum Gasteiger partial charge on any atom is 0.573 e. The summed E-state index contributed by atoms with van der Waals surface area (Å²) in [5.41, 5.74) is -1.06. The summed E-state index contributed by atoms with van der Waals surface area (Å²) in [4.78, 5) is 24.9. The lowest BCUT2D eigenvalue weighted by atomic mass is 9.72. The zero-order chi connectivity index (χ0) is 30.8. The van der Waals surface area contributed by atoms with Gasteiger partial charge in [0.25, 0.3) is 0 Å². The number of para-hydroxylation sites is 1. The number of carbonyl (C=O) groups excluding carboxylic acids is 1. The Balaban J connectivity index is 1.71. The molecule has 1 heterocycles. The van der Waals surface area contributed by atoms with Gasteiger partial charge in [0.1, 0.15) is 28.2 Å². The summed E-state index contributed by atoms with van der Waals surface area (Å²) in [7, 11) is 1.22. The molecule has 0 aliphatic carbocycles. The van der Waals surface area contributed by atoms with E-state index in [1.807, 2.05) is 20.8 Å². The Kier molecular flexibility index (Phi) is 9.75. The lowest BCUT2D eigenvalue weighted by molar-refractivity contribution is -0.274. The Morgan fingerprint density at radius 1 is 0.927 bits per heavy atom. The quantitative estimate of drug-likeness (QED) is 0.0778. The topological polar surface area (TPSA) is 75.0 Å². The van der Waals surface area contributed by atoms with Crippen LogP contribution in [0.4, 0.5) is 13.2 Å². The fraction of sp³-hybridized carbons (Fsp3) is 0.467. The molecule has 1 atom stereocenters. The second kappa shape index (κ2) is 12.2. The maximum atomic E-state index is 13.1. The summed E-state index contributed by atoms with van der Waals surface area (Å²) in [5.74, 6) is -0.686. The minimum Gasteiger partial charge on any atom is -0.447 e. The van der Waals surface area contributed by atoms with Gasteiger partial charge in [-0.2, -0.15) is 0 Å². The number of rotatable bonds is 9. The molecule has 0 aliphatic heterocycles. The van der Waals surface area contributed by atoms with E-state index in [2.05, 4.69) is 25.5 Å². The third-order valence-electron chi connectivity index (χ3n) is 5.97. The molecule has 3 rings (SSSR count). The summed E-state index contributed by atoms with van der Waals surface area (Å²) in [6.07, 6.45) is -4.23. The molecule has 0 saturated carbocycles. The highest BCUT2D eigenvalue weighted by Crippen LogP contribution is 2.42. The SMILES string of the molecule is CC(C)(C)CC(C(=O)OC(C)(C)SSOc1ccc2cc(-c3ccccc3OC(F)(F)F)c(=O)oc2c1)C(C)(C)C. The number of alkyl halides is 3. The number of benzene rings is 2. The molecule has 41 heavy (non-hydrogen) atoms. The minimum atomic E-state index is -4.91. The van der Waals surface area contributed by atoms with Crippen LogP contribution in [-0.4, -0.2) is 17.3 Å². The van der Waals surface area contributed by atoms with Gasteiger partial charge in [0, 0.05) is 17.0 Å². The molecule has 0 amide bonds. The van der Waals surface area contributed by atoms with E-state index in [4.69, 9.17) is 13.3 Å². The van der Waals surface area contributed by atoms with Crippen LogP contribution in [0.1, 0.15) is 61.8 Å². The van der Waals surface area contributed by atoms with Crippen molar-refractivity contribution in [3.8, 4) is 22.6 Å². The molecule has 0 aliphatic rings. The van der Waals surface area contributed by atoms with Crippen LogP contribution in [-0.2, 0) is 9.53 Å². The van der Waals surface area contributed by atoms with Gasteiger partial charge in [-0.3, -0.25) is 4.79 Å². The van der Waals surface area contributed by atoms with E-state index >= 15 is 0 Å². The summed E-state index contributed by atoms with van der Waals surface area (Å²) in [6.45, 7) is 15.9. The van der Waals surface area contributed by atoms with Gasteiger partial charge in [0.15, 0.2) is 4.93 Å². The van der Waals surface area contributed by atoms with Crippen LogP contribution < -0.4 is 14.5 Å². The van der Waals surface area contributed by atoms with E-state index in [1.54, 1.807) is 26.0 Å². The molecular weight excluding hydrogens is 577 g/mol. The second-order valence-electron chi connectivity index (χ2n) is 12.4. The van der Waals surface area contributed by atoms with Gasteiger partial charge in [-0.05, 0) is 66.2 Å². The first kappa shape index (κ1) is 32.7. The van der Waals surface area contributed by atoms with Crippen molar-refractivity contribution in [2.45, 2.75) is 73.1 Å². The molecule has 1 unspecified atom stereocenters. The zero-order valence-electron chi connectivity index (χ0n) is 24.3. The lowest BCUT2D eigenvalue weighted by Crippen LogP contribution is -2.37. The third kappa shape index (κ3) is 9.63. The highest BCUT2D eigenvalue weighted by Gasteiger charge is 2.39. The molecule has 0 N–H and O–H groups in total. The second-order valence-corrected chi connectivity index (χ2v) is 14.8. The Hall–Kier alpha value is -2.79. The zero-order valence-corrected chi connectivity index (χ0v) is 25.9. The van der Waals surface area contributed by atoms with Crippen LogP contribution in [0, 0.1) is 16.7 Å². The molecule has 0 radical (unpaired) electrons. The molecule has 0 saturated heterocycles. The highest BCUT2D eigenvalue weighted by molar-refractivity contribution is 8.75. The van der Waals surface area contributed by atoms with Gasteiger partial charge in [0.2, 0.25) is 0 Å². The number of fused-ring (bicyclic) bond motifs is 1. The largest absolute Gasteiger partial charge is 0.573 e. The van der Waals surface area contributed by atoms with Gasteiger partial charge < -0.3 is 18.1 Å². The molecule has 0 spiro atoms. The van der Waals surface area contributed by atoms with Crippen molar-refractivity contribution in [3.63, 3.8) is 0 Å². The van der Waals surface area contributed by atoms with Crippen molar-refractivity contribution in [3.05, 3.63) is 59.0 Å². The number of ether oxygens (including phenoxy) is 2. The predicted molar refractivity (Wildman–Crippen MR) is 158 cm³/mol. The summed E-state index contributed by atoms with van der Waals surface area (Å²) >= 11 is 1.00. The number of hydrogen-bond donors (Lipinski definition) is 0. The monoisotopic (exact) mass is 612 g/mol. The Morgan fingerprint density at radius 2 is 1.59 bits per heavy atom. The Morgan fingerprint density at radius 3 is 2.20 bits per heavy atom. The van der Waals surface area contributed by atoms with Crippen molar-refractivity contribution in [2.24, 2.45) is 16.7 Å². The van der Waals surface area contributed by atoms with Gasteiger partial charge >= 0.3 is 18.0 Å². The van der Waals surface area contributed by atoms with Crippen LogP contribution in [0.15, 0.2) is 57.7 Å². The van der Waals surface area contributed by atoms with Crippen molar-refractivity contribution in [1.82, 2.24) is 0 Å². The van der Waals surface area contributed by atoms with E-state index in [-0.39, 0.29) is 39.4 Å². The number of halogens is 3. The first-order valence-electron chi connectivity index (χ1n) is 12.9. The van der Waals surface area contributed by atoms with Gasteiger partial charge in [-0.25, -0.2) is 4.79 Å². The first-order valence-corrected chi connectivity index (χ1v) is 15.0. The van der Waals surface area contributed by atoms with Gasteiger partial charge in [0.05, 0.1) is 11.5 Å². The average Bonchev–Trinajstić information content (AvgIpc) is 2.80. The smallest absolute Gasteiger partial charge is 0.447 e. The molecule has 224 valence electrons. The third-order valence-corrected chi connectivity index (χ3v) is 8.39. The first-order chi connectivity index (χ1) is 18.7. The molecule has 2 aromatic carbocycles. The van der Waals surface area contributed by atoms with Crippen LogP contribution in [0.5, 0.6) is 11.5 Å². The number of hydrogen-bond acceptors (Lipinski definition) is 8. The van der Waals surface area contributed by atoms with Crippen molar-refractivity contribution in [2.75, 3.05) is 0 Å². The van der Waals surface area contributed by atoms with Crippen LogP contribution >= 0.6 is 21.9 Å². The maximum absolute atomic E-state index is 13.1. The molecule has 0 fully saturated rings. The number of esters is 1. The minimum absolute atomic E-state index is 0.0410. The average molecular weight is 613 g/mol. The molecule has 1 aromatic heterocycles. The van der Waals surface area contributed by atoms with E-state index in [1.165, 1.54) is 41.1 Å². The molecule has 3 aromatic rings. The summed E-state index contributed by atoms with van der Waals surface area (Å²) in [6, 6.07) is 11.6. The molecule has 0 bridgehead atoms. The van der Waals surface area contributed by atoms with Crippen molar-refractivity contribution in [1.29, 1.82) is 0 Å². The lowest BCUT2D eigenvalue weighted by Gasteiger charge is -2.36. The molecular formula is C30H35F3O6S2. The van der Waals surface area contributed by atoms with Crippen LogP contribution in [0.3, 0.4) is 0 Å². The molecule has 11 heteroatoms. The summed E-state index contributed by atoms with van der Waals surface area (Å²) < 4.78 is 59.7. The molecule has 6 nitrogen and oxygen atoms in total. The Bertz CT molecular complexity index is 1440. The predicted octanol–water partition coefficient (Wildman–Crippen LogP) is 9.41. The van der Waals surface area contributed by atoms with Crippen LogP contribution in [0.25, 0.3) is 22.1 Å². The fourth-order valence-electron chi connectivity index (χ4n) is 4.06. The number of carbonyl (C=O) groups is 1. The van der Waals surface area contributed by atoms with Crippen molar-refractivity contribution >= 4 is 38.8 Å². The highest BCUT2D eigenvalue weighted by atomic mass is 33.1. The van der Waals surface area contributed by atoms with E-state index in [9.17, 15) is 22.8 Å². The normalized spacial score (nSPS) is 13.6. The van der Waals surface area contributed by atoms with E-state index in [0.717, 1.165) is 17.1 Å². The van der Waals surface area contributed by atoms with Gasteiger partial charge in [-0.15, -0.1) is 13.2 Å². The van der Waals surface area contributed by atoms with Crippen molar-refractivity contribution < 1.29 is 36.0 Å². The van der Waals surface area contributed by atoms with Crippen LogP contribution in [0.2, 0.25) is 0 Å². The van der Waals surface area contributed by atoms with E-state index in [0.29, 0.717) is 17.6 Å².